The van der Waals surface area contributed by atoms with Crippen LogP contribution in [-0.4, -0.2) is 90.3 Å². The first kappa shape index (κ1) is 51.4. The van der Waals surface area contributed by atoms with E-state index in [2.05, 4.69) is 32.7 Å². The third-order valence-electron chi connectivity index (χ3n) is 9.73. The number of hydrogen-bond donors (Lipinski definition) is 7. The van der Waals surface area contributed by atoms with Crippen LogP contribution in [0.15, 0.2) is 64.2 Å². The maximum Gasteiger partial charge on any atom is 0.328 e. The smallest absolute Gasteiger partial charge is 0.328 e. The van der Waals surface area contributed by atoms with E-state index in [9.17, 15) is 29.7 Å². The number of oxazole rings is 1. The highest BCUT2D eigenvalue weighted by atomic mass is 35.5. The van der Waals surface area contributed by atoms with Gasteiger partial charge in [0.15, 0.2) is 6.10 Å². The van der Waals surface area contributed by atoms with Gasteiger partial charge in [-0.1, -0.05) is 48.3 Å². The van der Waals surface area contributed by atoms with Gasteiger partial charge < -0.3 is 57.9 Å². The number of nitrogen functional groups attached to an aromatic ring is 1. The minimum Gasteiger partial charge on any atom is -0.490 e. The van der Waals surface area contributed by atoms with Crippen molar-refractivity contribution in [3.8, 4) is 40.5 Å². The number of amides is 2. The minimum atomic E-state index is -1.20. The Hall–Kier alpha value is -6.26. The van der Waals surface area contributed by atoms with E-state index in [4.69, 9.17) is 58.9 Å². The van der Waals surface area contributed by atoms with Crippen molar-refractivity contribution in [2.75, 3.05) is 32.0 Å². The molecule has 2 aromatic heterocycles. The number of carbonyl (C=O) groups is 4. The third-order valence-corrected chi connectivity index (χ3v) is 11.0. The van der Waals surface area contributed by atoms with Crippen molar-refractivity contribution in [3.63, 3.8) is 0 Å². The SMILES string of the molecule is CC(NC(=O)[C@@H](N)CCCCN)C(=O)O[C@H](COC(=O)[C@H](C)NC(=O)[C@@H](N)CCCCN)COc1ccc(-c2c(C#N)c(N)nc(SCc3coc(-c4ccc(Cl)cc4)n3)c2C#N)cc1. The molecule has 0 aliphatic rings. The molecule has 5 atom stereocenters. The van der Waals surface area contributed by atoms with Crippen molar-refractivity contribution >= 4 is 52.9 Å². The monoisotopic (exact) mass is 931 g/mol. The molecule has 12 N–H and O–H groups in total. The number of carbonyl (C=O) groups excluding carboxylic acids is 4. The molecule has 4 aromatic rings. The van der Waals surface area contributed by atoms with Crippen LogP contribution in [0.2, 0.25) is 5.02 Å². The number of rotatable bonds is 25. The summed E-state index contributed by atoms with van der Waals surface area (Å²) in [5.41, 5.74) is 31.4. The lowest BCUT2D eigenvalue weighted by atomic mass is 9.97. The maximum atomic E-state index is 13.2. The number of thioether (sulfide) groups is 1. The van der Waals surface area contributed by atoms with E-state index in [-0.39, 0.29) is 45.6 Å². The van der Waals surface area contributed by atoms with Gasteiger partial charge in [-0.25, -0.2) is 19.6 Å². The first-order valence-corrected chi connectivity index (χ1v) is 22.1. The Morgan fingerprint density at radius 3 is 1.94 bits per heavy atom. The van der Waals surface area contributed by atoms with E-state index in [1.54, 1.807) is 48.5 Å². The quantitative estimate of drug-likeness (QED) is 0.0284. The number of aromatic nitrogens is 2. The van der Waals surface area contributed by atoms with Gasteiger partial charge in [0, 0.05) is 21.9 Å². The summed E-state index contributed by atoms with van der Waals surface area (Å²) in [4.78, 5) is 60.3. The molecule has 65 heavy (non-hydrogen) atoms. The van der Waals surface area contributed by atoms with Crippen molar-refractivity contribution in [2.45, 2.75) is 93.4 Å². The van der Waals surface area contributed by atoms with Crippen LogP contribution >= 0.6 is 23.4 Å². The molecule has 2 amide bonds. The average Bonchev–Trinajstić information content (AvgIpc) is 3.78. The number of nitrogens with one attached hydrogen (secondary N) is 2. The zero-order chi connectivity index (χ0) is 47.5. The van der Waals surface area contributed by atoms with Crippen LogP contribution in [-0.2, 0) is 34.4 Å². The van der Waals surface area contributed by atoms with Crippen LogP contribution in [0.25, 0.3) is 22.6 Å². The number of benzene rings is 2. The molecule has 2 heterocycles. The molecule has 1 unspecified atom stereocenters. The van der Waals surface area contributed by atoms with E-state index in [1.165, 1.54) is 31.9 Å². The number of nitrogens with zero attached hydrogens (tertiary/aromatic N) is 4. The minimum absolute atomic E-state index is 0.00320. The highest BCUT2D eigenvalue weighted by molar-refractivity contribution is 7.98. The van der Waals surface area contributed by atoms with Gasteiger partial charge in [0.25, 0.3) is 0 Å². The summed E-state index contributed by atoms with van der Waals surface area (Å²) in [6.07, 6.45) is 3.68. The highest BCUT2D eigenvalue weighted by Crippen LogP contribution is 2.37. The van der Waals surface area contributed by atoms with Gasteiger partial charge in [0.05, 0.1) is 23.3 Å². The molecule has 0 spiro atoms. The molecule has 0 saturated heterocycles. The van der Waals surface area contributed by atoms with Gasteiger partial charge in [-0.15, -0.1) is 0 Å². The average molecular weight is 933 g/mol. The predicted octanol–water partition coefficient (Wildman–Crippen LogP) is 3.43. The van der Waals surface area contributed by atoms with Crippen molar-refractivity contribution in [1.29, 1.82) is 10.5 Å². The number of nitriles is 2. The molecule has 0 aliphatic heterocycles. The number of anilines is 1. The Morgan fingerprint density at radius 1 is 0.800 bits per heavy atom. The summed E-state index contributed by atoms with van der Waals surface area (Å²) >= 11 is 7.19. The van der Waals surface area contributed by atoms with Gasteiger partial charge in [-0.05, 0) is 94.6 Å². The molecule has 21 heteroatoms. The van der Waals surface area contributed by atoms with Crippen molar-refractivity contribution in [3.05, 3.63) is 76.6 Å². The Balaban J connectivity index is 1.48. The fraction of sp³-hybridized carbons (Fsp3) is 0.409. The number of hydrogen-bond acceptors (Lipinski definition) is 18. The zero-order valence-electron chi connectivity index (χ0n) is 36.1. The summed E-state index contributed by atoms with van der Waals surface area (Å²) in [6, 6.07) is 13.6. The standard InChI is InChI=1S/C44H54ClN11O8S/c1-25(53-39(57)35(50)7-3-5-17-46)43(59)63-23-32(64-44(60)26(2)54-40(58)36(51)8-4-6-18-47)22-61-31-15-11-27(12-16-31)37-33(19-48)38(52)56-42(34(37)20-49)65-24-30-21-62-41(55-30)28-9-13-29(45)14-10-28/h9-16,21,25-26,32,35-36H,3-8,17-18,22-24,46-47,50-51H2,1-2H3,(H2,52,56)(H,53,57)(H,54,58)/t25-,26?,32-,35-,36-/m0/s1. The molecule has 0 radical (unpaired) electrons. The number of esters is 2. The highest BCUT2D eigenvalue weighted by Gasteiger charge is 2.28. The predicted molar refractivity (Wildman–Crippen MR) is 243 cm³/mol. The molecule has 0 aliphatic carbocycles. The third kappa shape index (κ3) is 15.5. The van der Waals surface area contributed by atoms with Crippen molar-refractivity contribution < 1.29 is 37.8 Å². The Kier molecular flexibility index (Phi) is 20.5. The Bertz CT molecular complexity index is 2320. The fourth-order valence-corrected chi connectivity index (χ4v) is 7.06. The van der Waals surface area contributed by atoms with Crippen LogP contribution in [0.4, 0.5) is 5.82 Å². The zero-order valence-corrected chi connectivity index (χ0v) is 37.7. The number of pyridine rings is 1. The molecule has 0 bridgehead atoms. The van der Waals surface area contributed by atoms with Gasteiger partial charge in [0.1, 0.15) is 65.9 Å². The maximum absolute atomic E-state index is 13.2. The molecule has 0 fully saturated rings. The molecular weight excluding hydrogens is 878 g/mol. The van der Waals surface area contributed by atoms with Crippen LogP contribution < -0.4 is 44.0 Å². The van der Waals surface area contributed by atoms with Gasteiger partial charge in [-0.3, -0.25) is 9.59 Å². The summed E-state index contributed by atoms with van der Waals surface area (Å²) in [7, 11) is 0. The lowest BCUT2D eigenvalue weighted by Gasteiger charge is -2.23. The lowest BCUT2D eigenvalue weighted by Crippen LogP contribution is -2.49. The van der Waals surface area contributed by atoms with Gasteiger partial charge in [0.2, 0.25) is 17.7 Å². The second kappa shape index (κ2) is 25.9. The second-order valence-electron chi connectivity index (χ2n) is 14.9. The number of ether oxygens (including phenoxy) is 3. The lowest BCUT2D eigenvalue weighted by molar-refractivity contribution is -0.163. The number of halogens is 1. The summed E-state index contributed by atoms with van der Waals surface area (Å²) in [5, 5.41) is 26.3. The summed E-state index contributed by atoms with van der Waals surface area (Å²) in [5.74, 6) is -1.95. The van der Waals surface area contributed by atoms with Crippen LogP contribution in [0, 0.1) is 22.7 Å². The van der Waals surface area contributed by atoms with E-state index >= 15 is 0 Å². The molecule has 346 valence electrons. The first-order valence-electron chi connectivity index (χ1n) is 20.8. The van der Waals surface area contributed by atoms with E-state index in [0.717, 1.165) is 5.56 Å². The van der Waals surface area contributed by atoms with Crippen LogP contribution in [0.3, 0.4) is 0 Å². The van der Waals surface area contributed by atoms with Gasteiger partial charge >= 0.3 is 11.9 Å². The van der Waals surface area contributed by atoms with E-state index in [1.807, 2.05) is 0 Å². The topological polar surface area (TPSA) is 337 Å². The van der Waals surface area contributed by atoms with Crippen molar-refractivity contribution in [1.82, 2.24) is 20.6 Å². The molecular formula is C44H54ClN11O8S. The number of nitrogens with two attached hydrogens (primary N) is 5. The number of unbranched alkanes of at least 4 members (excludes halogenated alkanes) is 2. The molecule has 4 rings (SSSR count). The summed E-state index contributed by atoms with van der Waals surface area (Å²) in [6.45, 7) is 2.92. The largest absolute Gasteiger partial charge is 0.490 e. The fourth-order valence-electron chi connectivity index (χ4n) is 6.06. The Morgan fingerprint density at radius 2 is 1.37 bits per heavy atom. The first-order chi connectivity index (χ1) is 31.2. The Labute approximate surface area is 386 Å². The second-order valence-corrected chi connectivity index (χ2v) is 16.3. The molecule has 2 aromatic carbocycles. The van der Waals surface area contributed by atoms with E-state index in [0.29, 0.717) is 73.8 Å². The molecule has 0 saturated carbocycles. The van der Waals surface area contributed by atoms with Crippen molar-refractivity contribution in [2.24, 2.45) is 22.9 Å². The molecule has 19 nitrogen and oxygen atoms in total. The van der Waals surface area contributed by atoms with E-state index < -0.39 is 60.6 Å². The normalized spacial score (nSPS) is 13.2. The summed E-state index contributed by atoms with van der Waals surface area (Å²) < 4.78 is 22.7. The van der Waals surface area contributed by atoms with Crippen LogP contribution in [0.5, 0.6) is 5.75 Å². The van der Waals surface area contributed by atoms with Gasteiger partial charge in [-0.2, -0.15) is 10.5 Å². The van der Waals surface area contributed by atoms with Crippen LogP contribution in [0.1, 0.15) is 69.2 Å².